The molecule has 0 amide bonds. The Hall–Kier alpha value is -0.120. The first-order valence-corrected chi connectivity index (χ1v) is 8.60. The van der Waals surface area contributed by atoms with Gasteiger partial charge in [-0.25, -0.2) is 0 Å². The van der Waals surface area contributed by atoms with Crippen molar-refractivity contribution >= 4 is 0 Å². The topological polar surface area (TPSA) is 24.5 Å². The monoisotopic (exact) mass is 282 g/mol. The van der Waals surface area contributed by atoms with Crippen LogP contribution < -0.4 is 5.32 Å². The predicted octanol–water partition coefficient (Wildman–Crippen LogP) is 2.90. The molecule has 3 nitrogen and oxygen atoms in total. The van der Waals surface area contributed by atoms with Gasteiger partial charge in [-0.05, 0) is 50.6 Å². The molecule has 2 rings (SSSR count). The molecule has 1 N–H and O–H groups in total. The van der Waals surface area contributed by atoms with Crippen LogP contribution in [-0.4, -0.2) is 50.8 Å². The summed E-state index contributed by atoms with van der Waals surface area (Å²) in [6, 6.07) is 0.833. The van der Waals surface area contributed by atoms with Crippen LogP contribution in [0.5, 0.6) is 0 Å². The van der Waals surface area contributed by atoms with Gasteiger partial charge in [-0.15, -0.1) is 0 Å². The molecule has 0 bridgehead atoms. The molecule has 118 valence electrons. The molecule has 0 aromatic carbocycles. The molecule has 0 unspecified atom stereocenters. The zero-order valence-corrected chi connectivity index (χ0v) is 13.8. The fourth-order valence-corrected chi connectivity index (χ4v) is 3.82. The first kappa shape index (κ1) is 16.3. The van der Waals surface area contributed by atoms with Crippen LogP contribution in [0, 0.1) is 11.3 Å². The van der Waals surface area contributed by atoms with Crippen molar-refractivity contribution in [3.05, 3.63) is 0 Å². The molecule has 1 saturated heterocycles. The molecule has 0 atom stereocenters. The second kappa shape index (κ2) is 7.77. The largest absolute Gasteiger partial charge is 0.381 e. The standard InChI is InChI=1S/C17H34N2O/c1-15(2)12-18-13-17(8-10-20-11-9-17)14-19(3)16-6-4-5-7-16/h15-16,18H,4-14H2,1-3H3. The maximum absolute atomic E-state index is 5.61. The normalized spacial score (nSPS) is 23.9. The van der Waals surface area contributed by atoms with Gasteiger partial charge in [-0.1, -0.05) is 26.7 Å². The van der Waals surface area contributed by atoms with Crippen molar-refractivity contribution in [2.24, 2.45) is 11.3 Å². The van der Waals surface area contributed by atoms with Gasteiger partial charge in [0.1, 0.15) is 0 Å². The van der Waals surface area contributed by atoms with Crippen molar-refractivity contribution < 1.29 is 4.74 Å². The lowest BCUT2D eigenvalue weighted by molar-refractivity contribution is -0.00652. The maximum atomic E-state index is 5.61. The van der Waals surface area contributed by atoms with E-state index in [1.165, 1.54) is 45.1 Å². The number of nitrogens with one attached hydrogen (secondary N) is 1. The van der Waals surface area contributed by atoms with E-state index >= 15 is 0 Å². The van der Waals surface area contributed by atoms with Crippen LogP contribution >= 0.6 is 0 Å². The lowest BCUT2D eigenvalue weighted by Crippen LogP contribution is -2.48. The van der Waals surface area contributed by atoms with E-state index < -0.39 is 0 Å². The third-order valence-corrected chi connectivity index (χ3v) is 5.14. The average molecular weight is 282 g/mol. The Morgan fingerprint density at radius 3 is 2.45 bits per heavy atom. The third kappa shape index (κ3) is 4.71. The second-order valence-electron chi connectivity index (χ2n) is 7.49. The van der Waals surface area contributed by atoms with Gasteiger partial charge in [-0.3, -0.25) is 0 Å². The molecule has 2 aliphatic rings. The Balaban J connectivity index is 1.87. The zero-order valence-electron chi connectivity index (χ0n) is 13.8. The Bertz CT molecular complexity index is 268. The highest BCUT2D eigenvalue weighted by Crippen LogP contribution is 2.33. The van der Waals surface area contributed by atoms with Gasteiger partial charge < -0.3 is 15.0 Å². The van der Waals surface area contributed by atoms with E-state index in [1.807, 2.05) is 0 Å². The van der Waals surface area contributed by atoms with Crippen LogP contribution in [0.4, 0.5) is 0 Å². The number of nitrogens with zero attached hydrogens (tertiary/aromatic N) is 1. The highest BCUT2D eigenvalue weighted by Gasteiger charge is 2.35. The lowest BCUT2D eigenvalue weighted by Gasteiger charge is -2.42. The van der Waals surface area contributed by atoms with Gasteiger partial charge in [0.25, 0.3) is 0 Å². The molecule has 0 spiro atoms. The predicted molar refractivity (Wildman–Crippen MR) is 85.1 cm³/mol. The summed E-state index contributed by atoms with van der Waals surface area (Å²) in [7, 11) is 2.34. The summed E-state index contributed by atoms with van der Waals surface area (Å²) in [6.45, 7) is 10.00. The fourth-order valence-electron chi connectivity index (χ4n) is 3.82. The first-order valence-electron chi connectivity index (χ1n) is 8.60. The van der Waals surface area contributed by atoms with Crippen molar-refractivity contribution in [1.82, 2.24) is 10.2 Å². The van der Waals surface area contributed by atoms with Crippen LogP contribution in [-0.2, 0) is 4.74 Å². The van der Waals surface area contributed by atoms with Crippen molar-refractivity contribution in [1.29, 1.82) is 0 Å². The smallest absolute Gasteiger partial charge is 0.0472 e. The summed E-state index contributed by atoms with van der Waals surface area (Å²) in [5, 5.41) is 3.71. The summed E-state index contributed by atoms with van der Waals surface area (Å²) in [5.74, 6) is 0.736. The van der Waals surface area contributed by atoms with E-state index in [9.17, 15) is 0 Å². The maximum Gasteiger partial charge on any atom is 0.0472 e. The van der Waals surface area contributed by atoms with Gasteiger partial charge in [0.05, 0.1) is 0 Å². The molecular formula is C17H34N2O. The minimum Gasteiger partial charge on any atom is -0.381 e. The molecule has 0 aromatic rings. The summed E-state index contributed by atoms with van der Waals surface area (Å²) >= 11 is 0. The summed E-state index contributed by atoms with van der Waals surface area (Å²) in [5.41, 5.74) is 0.435. The Labute approximate surface area is 125 Å². The Morgan fingerprint density at radius 1 is 1.20 bits per heavy atom. The molecular weight excluding hydrogens is 248 g/mol. The van der Waals surface area contributed by atoms with Gasteiger partial charge in [0.15, 0.2) is 0 Å². The molecule has 1 aliphatic heterocycles. The van der Waals surface area contributed by atoms with Gasteiger partial charge >= 0.3 is 0 Å². The number of hydrogen-bond donors (Lipinski definition) is 1. The molecule has 1 heterocycles. The fraction of sp³-hybridized carbons (Fsp3) is 1.00. The summed E-state index contributed by atoms with van der Waals surface area (Å²) in [4.78, 5) is 2.65. The molecule has 0 radical (unpaired) electrons. The lowest BCUT2D eigenvalue weighted by atomic mass is 9.79. The highest BCUT2D eigenvalue weighted by molar-refractivity contribution is 4.89. The van der Waals surface area contributed by atoms with Crippen LogP contribution in [0.15, 0.2) is 0 Å². The zero-order chi connectivity index (χ0) is 14.4. The molecule has 1 saturated carbocycles. The average Bonchev–Trinajstić information content (AvgIpc) is 2.93. The molecule has 20 heavy (non-hydrogen) atoms. The molecule has 2 fully saturated rings. The quantitative estimate of drug-likeness (QED) is 0.777. The van der Waals surface area contributed by atoms with Crippen LogP contribution in [0.1, 0.15) is 52.4 Å². The number of hydrogen-bond acceptors (Lipinski definition) is 3. The Morgan fingerprint density at radius 2 is 1.85 bits per heavy atom. The third-order valence-electron chi connectivity index (χ3n) is 5.14. The van der Waals surface area contributed by atoms with E-state index in [-0.39, 0.29) is 0 Å². The van der Waals surface area contributed by atoms with E-state index in [0.29, 0.717) is 5.41 Å². The minimum absolute atomic E-state index is 0.435. The summed E-state index contributed by atoms with van der Waals surface area (Å²) in [6.07, 6.45) is 8.10. The van der Waals surface area contributed by atoms with Crippen molar-refractivity contribution in [3.63, 3.8) is 0 Å². The van der Waals surface area contributed by atoms with Gasteiger partial charge in [0, 0.05) is 32.3 Å². The first-order chi connectivity index (χ1) is 9.61. The van der Waals surface area contributed by atoms with E-state index in [2.05, 4.69) is 31.1 Å². The van der Waals surface area contributed by atoms with Crippen molar-refractivity contribution in [2.75, 3.05) is 39.9 Å². The number of ether oxygens (including phenoxy) is 1. The van der Waals surface area contributed by atoms with Gasteiger partial charge in [-0.2, -0.15) is 0 Å². The van der Waals surface area contributed by atoms with E-state index in [0.717, 1.165) is 38.3 Å². The van der Waals surface area contributed by atoms with Crippen molar-refractivity contribution in [2.45, 2.75) is 58.4 Å². The van der Waals surface area contributed by atoms with Gasteiger partial charge in [0.2, 0.25) is 0 Å². The van der Waals surface area contributed by atoms with Crippen LogP contribution in [0.3, 0.4) is 0 Å². The highest BCUT2D eigenvalue weighted by atomic mass is 16.5. The van der Waals surface area contributed by atoms with Crippen molar-refractivity contribution in [3.8, 4) is 0 Å². The minimum atomic E-state index is 0.435. The molecule has 3 heteroatoms. The molecule has 1 aliphatic carbocycles. The van der Waals surface area contributed by atoms with E-state index in [4.69, 9.17) is 4.74 Å². The molecule has 0 aromatic heterocycles. The van der Waals surface area contributed by atoms with Crippen LogP contribution in [0.25, 0.3) is 0 Å². The number of rotatable bonds is 7. The summed E-state index contributed by atoms with van der Waals surface area (Å²) < 4.78 is 5.61. The van der Waals surface area contributed by atoms with E-state index in [1.54, 1.807) is 0 Å². The van der Waals surface area contributed by atoms with Crippen LogP contribution in [0.2, 0.25) is 0 Å². The SMILES string of the molecule is CC(C)CNCC1(CN(C)C2CCCC2)CCOCC1. The Kier molecular flexibility index (Phi) is 6.31. The second-order valence-corrected chi connectivity index (χ2v) is 7.49.